The van der Waals surface area contributed by atoms with Crippen LogP contribution in [0.4, 0.5) is 0 Å². The molecule has 4 nitrogen and oxygen atoms in total. The van der Waals surface area contributed by atoms with Crippen molar-refractivity contribution in [1.29, 1.82) is 5.26 Å². The Balaban J connectivity index is 1.52. The Labute approximate surface area is 152 Å². The molecule has 25 heavy (non-hydrogen) atoms. The third kappa shape index (κ3) is 5.04. The fraction of sp³-hybridized carbons (Fsp3) is 0.667. The van der Waals surface area contributed by atoms with E-state index in [0.29, 0.717) is 17.9 Å². The van der Waals surface area contributed by atoms with Crippen molar-refractivity contribution in [2.24, 2.45) is 11.8 Å². The summed E-state index contributed by atoms with van der Waals surface area (Å²) < 4.78 is 5.91. The second-order valence-electron chi connectivity index (χ2n) is 7.90. The Kier molecular flexibility index (Phi) is 6.47. The van der Waals surface area contributed by atoms with E-state index in [1.165, 1.54) is 12.0 Å². The molecule has 2 aliphatic heterocycles. The largest absolute Gasteiger partial charge is 0.378 e. The highest BCUT2D eigenvalue weighted by Gasteiger charge is 2.31. The van der Waals surface area contributed by atoms with Gasteiger partial charge in [0.15, 0.2) is 0 Å². The van der Waals surface area contributed by atoms with E-state index in [-0.39, 0.29) is 6.04 Å². The molecule has 4 heteroatoms. The molecule has 0 unspecified atom stereocenters. The van der Waals surface area contributed by atoms with E-state index >= 15 is 0 Å². The molecule has 136 valence electrons. The molecule has 1 aromatic carbocycles. The van der Waals surface area contributed by atoms with E-state index in [1.807, 2.05) is 6.07 Å². The first-order valence-corrected chi connectivity index (χ1v) is 9.67. The highest BCUT2D eigenvalue weighted by atomic mass is 16.5. The van der Waals surface area contributed by atoms with Crippen molar-refractivity contribution in [2.45, 2.75) is 45.4 Å². The van der Waals surface area contributed by atoms with Crippen molar-refractivity contribution < 1.29 is 4.74 Å². The molecule has 2 aliphatic rings. The lowest BCUT2D eigenvalue weighted by atomic mass is 9.89. The molecule has 0 spiro atoms. The average Bonchev–Trinajstić information content (AvgIpc) is 2.64. The van der Waals surface area contributed by atoms with Gasteiger partial charge in [0.25, 0.3) is 0 Å². The third-order valence-corrected chi connectivity index (χ3v) is 5.64. The quantitative estimate of drug-likeness (QED) is 0.825. The number of rotatable bonds is 5. The Morgan fingerprint density at radius 1 is 1.24 bits per heavy atom. The zero-order chi connectivity index (χ0) is 17.6. The molecule has 0 N–H and O–H groups in total. The lowest BCUT2D eigenvalue weighted by Crippen LogP contribution is -2.53. The molecule has 0 aliphatic carbocycles. The molecular weight excluding hydrogens is 310 g/mol. The van der Waals surface area contributed by atoms with Crippen LogP contribution in [0.25, 0.3) is 0 Å². The Hall–Kier alpha value is -1.41. The van der Waals surface area contributed by atoms with Crippen LogP contribution in [-0.2, 0) is 11.3 Å². The maximum Gasteiger partial charge on any atom is 0.111 e. The van der Waals surface area contributed by atoms with Crippen molar-refractivity contribution in [3.8, 4) is 6.07 Å². The summed E-state index contributed by atoms with van der Waals surface area (Å²) in [7, 11) is 0. The first-order valence-electron chi connectivity index (χ1n) is 9.67. The summed E-state index contributed by atoms with van der Waals surface area (Å²) in [6.45, 7) is 10.3. The van der Waals surface area contributed by atoms with Gasteiger partial charge in [0.2, 0.25) is 0 Å². The standard InChI is InChI=1S/C21H31N3O/c1-17(2)21-12-19(8-11-25-21)14-23-9-10-24(20(13-22)16-23)15-18-6-4-3-5-7-18/h3-7,17,19-21H,8-12,14-16H2,1-2H3/t19-,20+,21+/m1/s1. The van der Waals surface area contributed by atoms with Crippen molar-refractivity contribution in [3.05, 3.63) is 35.9 Å². The maximum absolute atomic E-state index is 9.64. The number of benzene rings is 1. The zero-order valence-corrected chi connectivity index (χ0v) is 15.6. The van der Waals surface area contributed by atoms with E-state index in [9.17, 15) is 5.26 Å². The predicted molar refractivity (Wildman–Crippen MR) is 100.0 cm³/mol. The molecule has 2 saturated heterocycles. The van der Waals surface area contributed by atoms with Crippen LogP contribution in [0.2, 0.25) is 0 Å². The summed E-state index contributed by atoms with van der Waals surface area (Å²) >= 11 is 0. The van der Waals surface area contributed by atoms with Crippen molar-refractivity contribution in [1.82, 2.24) is 9.80 Å². The lowest BCUT2D eigenvalue weighted by Gasteiger charge is -2.41. The van der Waals surface area contributed by atoms with Gasteiger partial charge in [0.1, 0.15) is 6.04 Å². The minimum atomic E-state index is -0.00491. The molecule has 3 rings (SSSR count). The van der Waals surface area contributed by atoms with Gasteiger partial charge < -0.3 is 4.74 Å². The highest BCUT2D eigenvalue weighted by molar-refractivity contribution is 5.15. The van der Waals surface area contributed by atoms with Gasteiger partial charge in [-0.3, -0.25) is 9.80 Å². The first kappa shape index (κ1) is 18.4. The van der Waals surface area contributed by atoms with E-state index < -0.39 is 0 Å². The van der Waals surface area contributed by atoms with E-state index in [4.69, 9.17) is 4.74 Å². The molecule has 0 saturated carbocycles. The minimum Gasteiger partial charge on any atom is -0.378 e. The van der Waals surface area contributed by atoms with Gasteiger partial charge in [0.05, 0.1) is 12.2 Å². The number of hydrogen-bond donors (Lipinski definition) is 0. The van der Waals surface area contributed by atoms with Gasteiger partial charge in [-0.15, -0.1) is 0 Å². The minimum absolute atomic E-state index is 0.00491. The SMILES string of the molecule is CC(C)[C@@H]1C[C@H](CN2CCN(Cc3ccccc3)[C@@H](C#N)C2)CCO1. The highest BCUT2D eigenvalue weighted by Crippen LogP contribution is 2.26. The number of piperazine rings is 1. The van der Waals surface area contributed by atoms with E-state index in [2.05, 4.69) is 54.0 Å². The second kappa shape index (κ2) is 8.80. The Morgan fingerprint density at radius 2 is 2.04 bits per heavy atom. The molecule has 0 amide bonds. The lowest BCUT2D eigenvalue weighted by molar-refractivity contribution is -0.0432. The fourth-order valence-electron chi connectivity index (χ4n) is 4.07. The molecule has 0 bridgehead atoms. The van der Waals surface area contributed by atoms with Crippen LogP contribution in [0.15, 0.2) is 30.3 Å². The van der Waals surface area contributed by atoms with Crippen molar-refractivity contribution >= 4 is 0 Å². The summed E-state index contributed by atoms with van der Waals surface area (Å²) in [4.78, 5) is 4.83. The van der Waals surface area contributed by atoms with Gasteiger partial charge in [-0.1, -0.05) is 44.2 Å². The Morgan fingerprint density at radius 3 is 2.76 bits per heavy atom. The molecular formula is C21H31N3O. The summed E-state index contributed by atoms with van der Waals surface area (Å²) in [5.41, 5.74) is 1.29. The molecule has 2 fully saturated rings. The topological polar surface area (TPSA) is 39.5 Å². The second-order valence-corrected chi connectivity index (χ2v) is 7.90. The van der Waals surface area contributed by atoms with Crippen LogP contribution >= 0.6 is 0 Å². The van der Waals surface area contributed by atoms with E-state index in [0.717, 1.165) is 45.8 Å². The number of hydrogen-bond acceptors (Lipinski definition) is 4. The van der Waals surface area contributed by atoms with Crippen LogP contribution in [0.5, 0.6) is 0 Å². The molecule has 1 aromatic rings. The van der Waals surface area contributed by atoms with Crippen LogP contribution < -0.4 is 0 Å². The van der Waals surface area contributed by atoms with Crippen molar-refractivity contribution in [2.75, 3.05) is 32.8 Å². The normalized spacial score (nSPS) is 28.8. The van der Waals surface area contributed by atoms with Gasteiger partial charge in [-0.25, -0.2) is 0 Å². The molecule has 3 atom stereocenters. The number of ether oxygens (including phenoxy) is 1. The number of nitrogens with zero attached hydrogens (tertiary/aromatic N) is 3. The summed E-state index contributed by atoms with van der Waals surface area (Å²) in [6, 6.07) is 13.0. The average molecular weight is 341 g/mol. The monoisotopic (exact) mass is 341 g/mol. The fourth-order valence-corrected chi connectivity index (χ4v) is 4.07. The number of nitriles is 1. The summed E-state index contributed by atoms with van der Waals surface area (Å²) in [5.74, 6) is 1.30. The van der Waals surface area contributed by atoms with Crippen LogP contribution in [0.3, 0.4) is 0 Å². The molecule has 2 heterocycles. The maximum atomic E-state index is 9.64. The molecule has 0 aromatic heterocycles. The van der Waals surface area contributed by atoms with Gasteiger partial charge in [-0.2, -0.15) is 5.26 Å². The Bertz CT molecular complexity index is 568. The zero-order valence-electron chi connectivity index (χ0n) is 15.6. The first-order chi connectivity index (χ1) is 12.2. The smallest absolute Gasteiger partial charge is 0.111 e. The van der Waals surface area contributed by atoms with Crippen molar-refractivity contribution in [3.63, 3.8) is 0 Å². The van der Waals surface area contributed by atoms with Gasteiger partial charge in [-0.05, 0) is 30.2 Å². The van der Waals surface area contributed by atoms with Gasteiger partial charge >= 0.3 is 0 Å². The van der Waals surface area contributed by atoms with Crippen LogP contribution in [-0.4, -0.2) is 54.7 Å². The molecule has 0 radical (unpaired) electrons. The summed E-state index contributed by atoms with van der Waals surface area (Å²) in [5, 5.41) is 9.64. The van der Waals surface area contributed by atoms with Gasteiger partial charge in [0, 0.05) is 39.3 Å². The summed E-state index contributed by atoms with van der Waals surface area (Å²) in [6.07, 6.45) is 2.73. The third-order valence-electron chi connectivity index (χ3n) is 5.64. The predicted octanol–water partition coefficient (Wildman–Crippen LogP) is 3.15. The van der Waals surface area contributed by atoms with Crippen LogP contribution in [0.1, 0.15) is 32.3 Å². The van der Waals surface area contributed by atoms with E-state index in [1.54, 1.807) is 0 Å². The van der Waals surface area contributed by atoms with Crippen LogP contribution in [0, 0.1) is 23.2 Å².